The van der Waals surface area contributed by atoms with Crippen LogP contribution in [0, 0.1) is 16.7 Å². The Hall–Kier alpha value is -0.600. The lowest BCUT2D eigenvalue weighted by Gasteiger charge is -2.18. The number of hydrogen-bond acceptors (Lipinski definition) is 4. The molecule has 2 atom stereocenters. The fourth-order valence-electron chi connectivity index (χ4n) is 1.98. The van der Waals surface area contributed by atoms with Gasteiger partial charge in [0.2, 0.25) is 0 Å². The van der Waals surface area contributed by atoms with Crippen LogP contribution >= 0.6 is 0 Å². The lowest BCUT2D eigenvalue weighted by Crippen LogP contribution is -2.24. The number of ether oxygens (including phenoxy) is 1. The Morgan fingerprint density at radius 2 is 2.29 bits per heavy atom. The average Bonchev–Trinajstić information content (AvgIpc) is 2.50. The summed E-state index contributed by atoms with van der Waals surface area (Å²) in [7, 11) is -1.47. The first-order chi connectivity index (χ1) is 6.43. The highest BCUT2D eigenvalue weighted by Crippen LogP contribution is 2.40. The molecule has 0 aromatic carbocycles. The van der Waals surface area contributed by atoms with Crippen LogP contribution in [0.4, 0.5) is 0 Å². The number of sulfone groups is 1. The summed E-state index contributed by atoms with van der Waals surface area (Å²) in [4.78, 5) is 0. The summed E-state index contributed by atoms with van der Waals surface area (Å²) in [6.45, 7) is 0.329. The van der Waals surface area contributed by atoms with Crippen molar-refractivity contribution in [1.29, 1.82) is 5.26 Å². The van der Waals surface area contributed by atoms with Gasteiger partial charge in [0.25, 0.3) is 0 Å². The van der Waals surface area contributed by atoms with E-state index in [9.17, 15) is 8.42 Å². The van der Waals surface area contributed by atoms with Crippen LogP contribution in [0.2, 0.25) is 0 Å². The van der Waals surface area contributed by atoms with Crippen molar-refractivity contribution in [3.8, 4) is 6.07 Å². The second kappa shape index (κ2) is 3.87. The van der Waals surface area contributed by atoms with Gasteiger partial charge >= 0.3 is 0 Å². The number of rotatable bonds is 3. The van der Waals surface area contributed by atoms with E-state index in [4.69, 9.17) is 10.00 Å². The normalized spacial score (nSPS) is 32.8. The Morgan fingerprint density at radius 3 is 2.64 bits per heavy atom. The zero-order chi connectivity index (χ0) is 10.8. The molecule has 0 bridgehead atoms. The molecule has 0 heterocycles. The Balaban J connectivity index is 2.77. The second-order valence-electron chi connectivity index (χ2n) is 4.02. The average molecular weight is 217 g/mol. The fourth-order valence-corrected chi connectivity index (χ4v) is 3.15. The van der Waals surface area contributed by atoms with E-state index >= 15 is 0 Å². The third-order valence-corrected chi connectivity index (χ3v) is 4.44. The zero-order valence-electron chi connectivity index (χ0n) is 8.49. The third-order valence-electron chi connectivity index (χ3n) is 2.83. The van der Waals surface area contributed by atoms with Gasteiger partial charge in [0, 0.05) is 13.4 Å². The van der Waals surface area contributed by atoms with Gasteiger partial charge in [-0.05, 0) is 19.3 Å². The molecule has 1 aliphatic rings. The maximum atomic E-state index is 11.3. The SMILES string of the molecule is COC[C@@]1(C#N)CC[C@@H](S(C)(=O)=O)C1. The van der Waals surface area contributed by atoms with Gasteiger partial charge in [-0.25, -0.2) is 8.42 Å². The Kier molecular flexibility index (Phi) is 3.17. The van der Waals surface area contributed by atoms with E-state index < -0.39 is 15.3 Å². The van der Waals surface area contributed by atoms with Crippen LogP contribution in [-0.2, 0) is 14.6 Å². The maximum absolute atomic E-state index is 11.3. The third kappa shape index (κ3) is 2.25. The van der Waals surface area contributed by atoms with Crippen LogP contribution in [0.1, 0.15) is 19.3 Å². The van der Waals surface area contributed by atoms with E-state index in [0.717, 1.165) is 0 Å². The molecule has 1 saturated carbocycles. The standard InChI is InChI=1S/C9H15NO3S/c1-13-7-9(6-10)4-3-8(5-9)14(2,11)12/h8H,3-5,7H2,1-2H3/t8-,9+/m1/s1. The molecule has 4 nitrogen and oxygen atoms in total. The van der Waals surface area contributed by atoms with Gasteiger partial charge in [-0.1, -0.05) is 0 Å². The highest BCUT2D eigenvalue weighted by molar-refractivity contribution is 7.91. The highest BCUT2D eigenvalue weighted by Gasteiger charge is 2.43. The van der Waals surface area contributed by atoms with E-state index in [0.29, 0.717) is 25.9 Å². The van der Waals surface area contributed by atoms with Gasteiger partial charge in [0.1, 0.15) is 9.84 Å². The van der Waals surface area contributed by atoms with E-state index in [1.807, 2.05) is 0 Å². The summed E-state index contributed by atoms with van der Waals surface area (Å²) in [5, 5.41) is 8.64. The molecular formula is C9H15NO3S. The molecule has 0 amide bonds. The number of methoxy groups -OCH3 is 1. The summed E-state index contributed by atoms with van der Waals surface area (Å²) < 4.78 is 27.5. The summed E-state index contributed by atoms with van der Waals surface area (Å²) in [5.41, 5.74) is -0.581. The minimum absolute atomic E-state index is 0.329. The minimum Gasteiger partial charge on any atom is -0.383 e. The predicted octanol–water partition coefficient (Wildman–Crippen LogP) is 0.740. The van der Waals surface area contributed by atoms with Crippen molar-refractivity contribution in [3.05, 3.63) is 0 Å². The van der Waals surface area contributed by atoms with E-state index in [-0.39, 0.29) is 5.25 Å². The van der Waals surface area contributed by atoms with Crippen molar-refractivity contribution in [2.45, 2.75) is 24.5 Å². The van der Waals surface area contributed by atoms with Crippen molar-refractivity contribution in [2.75, 3.05) is 20.0 Å². The molecular weight excluding hydrogens is 202 g/mol. The lowest BCUT2D eigenvalue weighted by molar-refractivity contribution is 0.120. The second-order valence-corrected chi connectivity index (χ2v) is 6.35. The molecule has 0 spiro atoms. The molecule has 0 aromatic rings. The Labute approximate surface area is 84.8 Å². The maximum Gasteiger partial charge on any atom is 0.150 e. The molecule has 80 valence electrons. The number of hydrogen-bond donors (Lipinski definition) is 0. The van der Waals surface area contributed by atoms with E-state index in [2.05, 4.69) is 6.07 Å². The van der Waals surface area contributed by atoms with Crippen LogP contribution in [0.3, 0.4) is 0 Å². The molecule has 1 aliphatic carbocycles. The molecule has 0 aliphatic heterocycles. The first kappa shape index (κ1) is 11.5. The van der Waals surface area contributed by atoms with E-state index in [1.165, 1.54) is 13.4 Å². The first-order valence-corrected chi connectivity index (χ1v) is 6.48. The van der Waals surface area contributed by atoms with E-state index in [1.54, 1.807) is 0 Å². The molecule has 0 N–H and O–H groups in total. The van der Waals surface area contributed by atoms with Crippen molar-refractivity contribution in [3.63, 3.8) is 0 Å². The molecule has 0 radical (unpaired) electrons. The highest BCUT2D eigenvalue weighted by atomic mass is 32.2. The molecule has 0 unspecified atom stereocenters. The molecule has 14 heavy (non-hydrogen) atoms. The quantitative estimate of drug-likeness (QED) is 0.699. The molecule has 5 heteroatoms. The van der Waals surface area contributed by atoms with Gasteiger partial charge in [-0.15, -0.1) is 0 Å². The van der Waals surface area contributed by atoms with Crippen molar-refractivity contribution < 1.29 is 13.2 Å². The predicted molar refractivity (Wildman–Crippen MR) is 52.4 cm³/mol. The molecule has 1 fully saturated rings. The largest absolute Gasteiger partial charge is 0.383 e. The summed E-state index contributed by atoms with van der Waals surface area (Å²) >= 11 is 0. The monoisotopic (exact) mass is 217 g/mol. The van der Waals surface area contributed by atoms with Crippen molar-refractivity contribution in [1.82, 2.24) is 0 Å². The lowest BCUT2D eigenvalue weighted by atomic mass is 9.89. The van der Waals surface area contributed by atoms with Crippen LogP contribution in [0.25, 0.3) is 0 Å². The molecule has 1 rings (SSSR count). The summed E-state index contributed by atoms with van der Waals surface area (Å²) in [6, 6.07) is 2.19. The van der Waals surface area contributed by atoms with Gasteiger partial charge < -0.3 is 4.74 Å². The molecule has 0 aromatic heterocycles. The molecule has 0 saturated heterocycles. The van der Waals surface area contributed by atoms with Gasteiger partial charge in [0.15, 0.2) is 0 Å². The Bertz CT molecular complexity index is 344. The fraction of sp³-hybridized carbons (Fsp3) is 0.889. The van der Waals surface area contributed by atoms with Crippen LogP contribution in [0.15, 0.2) is 0 Å². The Morgan fingerprint density at radius 1 is 1.64 bits per heavy atom. The van der Waals surface area contributed by atoms with Crippen LogP contribution in [0.5, 0.6) is 0 Å². The number of nitrogens with zero attached hydrogens (tertiary/aromatic N) is 1. The first-order valence-electron chi connectivity index (χ1n) is 4.52. The summed E-state index contributed by atoms with van der Waals surface area (Å²) in [5.74, 6) is 0. The van der Waals surface area contributed by atoms with Gasteiger partial charge in [-0.3, -0.25) is 0 Å². The van der Waals surface area contributed by atoms with Crippen LogP contribution in [-0.4, -0.2) is 33.6 Å². The smallest absolute Gasteiger partial charge is 0.150 e. The zero-order valence-corrected chi connectivity index (χ0v) is 9.30. The topological polar surface area (TPSA) is 67.2 Å². The van der Waals surface area contributed by atoms with Gasteiger partial charge in [-0.2, -0.15) is 5.26 Å². The van der Waals surface area contributed by atoms with Gasteiger partial charge in [0.05, 0.1) is 23.3 Å². The van der Waals surface area contributed by atoms with Crippen molar-refractivity contribution >= 4 is 9.84 Å². The van der Waals surface area contributed by atoms with Crippen LogP contribution < -0.4 is 0 Å². The minimum atomic E-state index is -3.01. The number of nitriles is 1. The summed E-state index contributed by atoms with van der Waals surface area (Å²) in [6.07, 6.45) is 2.85. The van der Waals surface area contributed by atoms with Crippen molar-refractivity contribution in [2.24, 2.45) is 5.41 Å².